The minimum absolute atomic E-state index is 0.0773. The monoisotopic (exact) mass is 324 g/mol. The summed E-state index contributed by atoms with van der Waals surface area (Å²) in [6.07, 6.45) is 3.76. The third-order valence-corrected chi connectivity index (χ3v) is 7.13. The van der Waals surface area contributed by atoms with Crippen LogP contribution in [0, 0.1) is 17.3 Å². The molecule has 2 heterocycles. The number of Topliss-reactive ketones (excluding diaryl/α,β-unsaturated/α-hetero) is 2. The second-order valence-electron chi connectivity index (χ2n) is 8.13. The highest BCUT2D eigenvalue weighted by atomic mass is 16.5. The second-order valence-corrected chi connectivity index (χ2v) is 8.13. The van der Waals surface area contributed by atoms with Crippen LogP contribution in [0.1, 0.15) is 47.4 Å². The summed E-state index contributed by atoms with van der Waals surface area (Å²) < 4.78 is 6.50. The molecule has 0 amide bonds. The summed E-state index contributed by atoms with van der Waals surface area (Å²) in [7, 11) is 0. The van der Waals surface area contributed by atoms with Crippen LogP contribution in [0.25, 0.3) is 0 Å². The Morgan fingerprint density at radius 2 is 1.92 bits per heavy atom. The lowest BCUT2D eigenvalue weighted by molar-refractivity contribution is -0.236. The van der Waals surface area contributed by atoms with Gasteiger partial charge in [-0.3, -0.25) is 9.59 Å². The lowest BCUT2D eigenvalue weighted by Gasteiger charge is -2.63. The number of hydrogen-bond donors (Lipinski definition) is 1. The largest absolute Gasteiger partial charge is 0.396 e. The van der Waals surface area contributed by atoms with Crippen LogP contribution in [0.15, 0.2) is 35.9 Å². The smallest absolute Gasteiger partial charge is 0.200 e. The molecule has 1 saturated heterocycles. The predicted octanol–water partition coefficient (Wildman–Crippen LogP) is 2.56. The van der Waals surface area contributed by atoms with E-state index in [9.17, 15) is 14.7 Å². The highest BCUT2D eigenvalue weighted by Gasteiger charge is 2.75. The van der Waals surface area contributed by atoms with E-state index in [-0.39, 0.29) is 30.0 Å². The van der Waals surface area contributed by atoms with Gasteiger partial charge in [0.05, 0.1) is 12.2 Å². The Bertz CT molecular complexity index is 840. The van der Waals surface area contributed by atoms with E-state index < -0.39 is 16.6 Å². The van der Waals surface area contributed by atoms with Gasteiger partial charge in [-0.05, 0) is 25.7 Å². The van der Waals surface area contributed by atoms with Gasteiger partial charge < -0.3 is 9.84 Å². The van der Waals surface area contributed by atoms with Gasteiger partial charge in [-0.1, -0.05) is 37.3 Å². The molecule has 4 bridgehead atoms. The SMILES string of the molecule is CC12CCC3C1C=C1C(=O)c4ccccc4C(=O)C1(O2)C3(C)CO. The Kier molecular flexibility index (Phi) is 2.46. The zero-order chi connectivity index (χ0) is 16.9. The average Bonchev–Trinajstić information content (AvgIpc) is 2.90. The maximum Gasteiger partial charge on any atom is 0.200 e. The second kappa shape index (κ2) is 4.06. The van der Waals surface area contributed by atoms with E-state index in [2.05, 4.69) is 0 Å². The molecule has 24 heavy (non-hydrogen) atoms. The van der Waals surface area contributed by atoms with Crippen LogP contribution in [-0.4, -0.2) is 34.5 Å². The summed E-state index contributed by atoms with van der Waals surface area (Å²) >= 11 is 0. The van der Waals surface area contributed by atoms with Crippen molar-refractivity contribution in [1.29, 1.82) is 0 Å². The van der Waals surface area contributed by atoms with Gasteiger partial charge in [0.15, 0.2) is 11.4 Å². The van der Waals surface area contributed by atoms with Crippen molar-refractivity contribution < 1.29 is 19.4 Å². The summed E-state index contributed by atoms with van der Waals surface area (Å²) in [6, 6.07) is 6.96. The average molecular weight is 324 g/mol. The Hall–Kier alpha value is -1.78. The van der Waals surface area contributed by atoms with Gasteiger partial charge in [0.2, 0.25) is 5.78 Å². The number of aliphatic hydroxyl groups is 1. The molecule has 3 aliphatic carbocycles. The van der Waals surface area contributed by atoms with E-state index in [1.54, 1.807) is 24.3 Å². The van der Waals surface area contributed by atoms with Gasteiger partial charge in [-0.15, -0.1) is 0 Å². The van der Waals surface area contributed by atoms with E-state index in [0.717, 1.165) is 12.8 Å². The first-order valence-corrected chi connectivity index (χ1v) is 8.61. The molecule has 2 fully saturated rings. The number of carbonyl (C=O) groups is 2. The van der Waals surface area contributed by atoms with E-state index in [1.807, 2.05) is 19.9 Å². The number of ketones is 2. The first-order chi connectivity index (χ1) is 11.4. The zero-order valence-electron chi connectivity index (χ0n) is 13.8. The standard InChI is InChI=1S/C20H20O4/c1-18(10-21)13-7-8-19(2)14(13)9-15-16(22)11-5-3-4-6-12(11)17(23)20(15,18)24-19/h3-6,9,13-14,21H,7-8,10H2,1-2H3. The third kappa shape index (κ3) is 1.25. The van der Waals surface area contributed by atoms with Crippen LogP contribution in [0.5, 0.6) is 0 Å². The van der Waals surface area contributed by atoms with Crippen LogP contribution in [-0.2, 0) is 4.74 Å². The summed E-state index contributed by atoms with van der Waals surface area (Å²) in [5.74, 6) is -0.0606. The summed E-state index contributed by atoms with van der Waals surface area (Å²) in [5, 5.41) is 10.3. The molecule has 1 spiro atoms. The summed E-state index contributed by atoms with van der Waals surface area (Å²) in [6.45, 7) is 3.80. The fourth-order valence-electron chi connectivity index (χ4n) is 5.83. The molecule has 0 aromatic heterocycles. The molecular weight excluding hydrogens is 304 g/mol. The topological polar surface area (TPSA) is 63.6 Å². The summed E-state index contributed by atoms with van der Waals surface area (Å²) in [5.41, 5.74) is -1.22. The van der Waals surface area contributed by atoms with E-state index in [4.69, 9.17) is 4.74 Å². The van der Waals surface area contributed by atoms with Crippen molar-refractivity contribution in [3.8, 4) is 0 Å². The van der Waals surface area contributed by atoms with Gasteiger partial charge in [-0.2, -0.15) is 0 Å². The molecule has 5 unspecified atom stereocenters. The van der Waals surface area contributed by atoms with Crippen LogP contribution < -0.4 is 0 Å². The molecule has 6 rings (SSSR count). The lowest BCUT2D eigenvalue weighted by atomic mass is 9.49. The van der Waals surface area contributed by atoms with Gasteiger partial charge in [0, 0.05) is 28.0 Å². The quantitative estimate of drug-likeness (QED) is 0.862. The summed E-state index contributed by atoms with van der Waals surface area (Å²) in [4.78, 5) is 26.7. The normalized spacial score (nSPS) is 45.0. The fraction of sp³-hybridized carbons (Fsp3) is 0.500. The third-order valence-electron chi connectivity index (χ3n) is 7.13. The number of benzene rings is 1. The Morgan fingerprint density at radius 3 is 2.62 bits per heavy atom. The number of carbonyl (C=O) groups excluding carboxylic acids is 2. The molecule has 124 valence electrons. The first kappa shape index (κ1) is 14.6. The maximum absolute atomic E-state index is 13.6. The number of hydrogen-bond acceptors (Lipinski definition) is 4. The van der Waals surface area contributed by atoms with Gasteiger partial charge in [0.1, 0.15) is 0 Å². The predicted molar refractivity (Wildman–Crippen MR) is 86.8 cm³/mol. The molecular formula is C20H20O4. The molecule has 1 N–H and O–H groups in total. The van der Waals surface area contributed by atoms with Crippen LogP contribution >= 0.6 is 0 Å². The van der Waals surface area contributed by atoms with E-state index in [1.165, 1.54) is 0 Å². The maximum atomic E-state index is 13.6. The molecule has 1 aromatic carbocycles. The Balaban J connectivity index is 1.87. The van der Waals surface area contributed by atoms with Crippen molar-refractivity contribution >= 4 is 11.6 Å². The van der Waals surface area contributed by atoms with Crippen molar-refractivity contribution in [3.63, 3.8) is 0 Å². The van der Waals surface area contributed by atoms with Gasteiger partial charge >= 0.3 is 0 Å². The van der Waals surface area contributed by atoms with Crippen LogP contribution in [0.2, 0.25) is 0 Å². The number of aliphatic hydroxyl groups excluding tert-OH is 1. The van der Waals surface area contributed by atoms with Crippen molar-refractivity contribution in [3.05, 3.63) is 47.0 Å². The number of ether oxygens (including phenoxy) is 1. The number of fused-ring (bicyclic) bond motifs is 1. The molecule has 5 aliphatic rings. The van der Waals surface area contributed by atoms with Gasteiger partial charge in [-0.25, -0.2) is 0 Å². The van der Waals surface area contributed by atoms with Crippen molar-refractivity contribution in [2.24, 2.45) is 17.3 Å². The van der Waals surface area contributed by atoms with E-state index in [0.29, 0.717) is 16.7 Å². The van der Waals surface area contributed by atoms with Crippen molar-refractivity contribution in [1.82, 2.24) is 0 Å². The molecule has 4 nitrogen and oxygen atoms in total. The Morgan fingerprint density at radius 1 is 1.21 bits per heavy atom. The minimum atomic E-state index is -1.35. The first-order valence-electron chi connectivity index (χ1n) is 8.61. The van der Waals surface area contributed by atoms with E-state index >= 15 is 0 Å². The van der Waals surface area contributed by atoms with Crippen LogP contribution in [0.3, 0.4) is 0 Å². The highest BCUT2D eigenvalue weighted by Crippen LogP contribution is 2.68. The number of rotatable bonds is 1. The molecule has 1 aromatic rings. The van der Waals surface area contributed by atoms with Crippen LogP contribution in [0.4, 0.5) is 0 Å². The molecule has 4 heteroatoms. The fourth-order valence-corrected chi connectivity index (χ4v) is 5.83. The molecule has 2 aliphatic heterocycles. The Labute approximate surface area is 140 Å². The highest BCUT2D eigenvalue weighted by molar-refractivity contribution is 6.27. The lowest BCUT2D eigenvalue weighted by Crippen LogP contribution is -2.72. The molecule has 1 saturated carbocycles. The molecule has 0 radical (unpaired) electrons. The minimum Gasteiger partial charge on any atom is -0.396 e. The van der Waals surface area contributed by atoms with Gasteiger partial charge in [0.25, 0.3) is 0 Å². The molecule has 5 atom stereocenters. The zero-order valence-corrected chi connectivity index (χ0v) is 13.8. The van der Waals surface area contributed by atoms with Crippen molar-refractivity contribution in [2.45, 2.75) is 37.9 Å². The van der Waals surface area contributed by atoms with Crippen molar-refractivity contribution in [2.75, 3.05) is 6.61 Å².